The molecule has 1 aliphatic rings. The van der Waals surface area contributed by atoms with Crippen molar-refractivity contribution in [2.45, 2.75) is 45.4 Å². The third-order valence-electron chi connectivity index (χ3n) is 5.07. The Morgan fingerprint density at radius 1 is 1.38 bits per heavy atom. The predicted octanol–water partition coefficient (Wildman–Crippen LogP) is 3.36. The SMILES string of the molecule is [C-]#[N+]CCNC(=O)C(CCCC)Cc1ncn2c1CCc1ccccc1-2. The molecule has 0 radical (unpaired) electrons. The molecule has 26 heavy (non-hydrogen) atoms. The summed E-state index contributed by atoms with van der Waals surface area (Å²) in [5, 5.41) is 2.91. The highest BCUT2D eigenvalue weighted by Gasteiger charge is 2.24. The molecule has 1 N–H and O–H groups in total. The minimum atomic E-state index is -0.0718. The zero-order chi connectivity index (χ0) is 18.4. The lowest BCUT2D eigenvalue weighted by atomic mass is 9.93. The van der Waals surface area contributed by atoms with E-state index in [1.54, 1.807) is 0 Å². The van der Waals surface area contributed by atoms with Gasteiger partial charge in [-0.05, 0) is 30.9 Å². The molecule has 1 unspecified atom stereocenters. The van der Waals surface area contributed by atoms with Crippen LogP contribution in [0.5, 0.6) is 0 Å². The van der Waals surface area contributed by atoms with E-state index >= 15 is 0 Å². The second-order valence-corrected chi connectivity index (χ2v) is 6.85. The van der Waals surface area contributed by atoms with E-state index < -0.39 is 0 Å². The first-order chi connectivity index (χ1) is 12.7. The second kappa shape index (κ2) is 8.66. The van der Waals surface area contributed by atoms with Crippen LogP contribution in [0.1, 0.15) is 43.1 Å². The second-order valence-electron chi connectivity index (χ2n) is 6.85. The Bertz CT molecular complexity index is 803. The van der Waals surface area contributed by atoms with Gasteiger partial charge in [-0.1, -0.05) is 38.0 Å². The van der Waals surface area contributed by atoms with E-state index in [-0.39, 0.29) is 11.8 Å². The molecule has 3 rings (SSSR count). The monoisotopic (exact) mass is 350 g/mol. The Morgan fingerprint density at radius 2 is 2.23 bits per heavy atom. The Morgan fingerprint density at radius 3 is 3.04 bits per heavy atom. The number of carbonyl (C=O) groups is 1. The Labute approximate surface area is 155 Å². The quantitative estimate of drug-likeness (QED) is 0.586. The van der Waals surface area contributed by atoms with Crippen molar-refractivity contribution in [3.63, 3.8) is 0 Å². The number of nitrogens with one attached hydrogen (secondary N) is 1. The highest BCUT2D eigenvalue weighted by molar-refractivity contribution is 5.79. The Hall–Kier alpha value is -2.61. The average Bonchev–Trinajstić information content (AvgIpc) is 3.08. The highest BCUT2D eigenvalue weighted by atomic mass is 16.1. The van der Waals surface area contributed by atoms with Crippen LogP contribution in [0.25, 0.3) is 10.5 Å². The summed E-state index contributed by atoms with van der Waals surface area (Å²) in [6, 6.07) is 8.44. The van der Waals surface area contributed by atoms with Crippen LogP contribution in [0.2, 0.25) is 0 Å². The molecule has 0 fully saturated rings. The summed E-state index contributed by atoms with van der Waals surface area (Å²) >= 11 is 0. The fourth-order valence-electron chi connectivity index (χ4n) is 3.65. The van der Waals surface area contributed by atoms with E-state index in [4.69, 9.17) is 6.57 Å². The maximum absolute atomic E-state index is 12.6. The number of fused-ring (bicyclic) bond motifs is 3. The van der Waals surface area contributed by atoms with Crippen LogP contribution < -0.4 is 5.32 Å². The molecular weight excluding hydrogens is 324 g/mol. The molecule has 0 bridgehead atoms. The number of benzene rings is 1. The van der Waals surface area contributed by atoms with Crippen molar-refractivity contribution in [3.8, 4) is 5.69 Å². The lowest BCUT2D eigenvalue weighted by molar-refractivity contribution is -0.125. The molecule has 0 saturated heterocycles. The molecule has 5 nitrogen and oxygen atoms in total. The third kappa shape index (κ3) is 3.96. The number of hydrogen-bond donors (Lipinski definition) is 1. The Balaban J connectivity index is 1.77. The summed E-state index contributed by atoms with van der Waals surface area (Å²) in [7, 11) is 0. The van der Waals surface area contributed by atoms with Crippen molar-refractivity contribution in [3.05, 3.63) is 59.0 Å². The molecule has 1 aromatic heterocycles. The topological polar surface area (TPSA) is 51.3 Å². The van der Waals surface area contributed by atoms with Gasteiger partial charge >= 0.3 is 0 Å². The van der Waals surface area contributed by atoms with Gasteiger partial charge in [0.2, 0.25) is 12.5 Å². The fourth-order valence-corrected chi connectivity index (χ4v) is 3.65. The van der Waals surface area contributed by atoms with Gasteiger partial charge in [0.1, 0.15) is 0 Å². The number of unbranched alkanes of at least 4 members (excludes halogenated alkanes) is 1. The van der Waals surface area contributed by atoms with E-state index in [1.807, 2.05) is 6.33 Å². The van der Waals surface area contributed by atoms with Gasteiger partial charge in [0.15, 0.2) is 0 Å². The van der Waals surface area contributed by atoms with Crippen LogP contribution in [-0.2, 0) is 24.1 Å². The van der Waals surface area contributed by atoms with E-state index in [1.165, 1.54) is 16.9 Å². The minimum absolute atomic E-state index is 0.0556. The van der Waals surface area contributed by atoms with Crippen LogP contribution in [-0.4, -0.2) is 28.5 Å². The van der Waals surface area contributed by atoms with Crippen molar-refractivity contribution in [1.82, 2.24) is 14.9 Å². The number of carbonyl (C=O) groups excluding carboxylic acids is 1. The summed E-state index contributed by atoms with van der Waals surface area (Å²) in [4.78, 5) is 20.5. The van der Waals surface area contributed by atoms with Crippen molar-refractivity contribution < 1.29 is 4.79 Å². The summed E-state index contributed by atoms with van der Waals surface area (Å²) in [5.74, 6) is -0.0162. The van der Waals surface area contributed by atoms with E-state index in [9.17, 15) is 4.79 Å². The highest BCUT2D eigenvalue weighted by Crippen LogP contribution is 2.28. The van der Waals surface area contributed by atoms with Crippen molar-refractivity contribution >= 4 is 5.91 Å². The number of rotatable bonds is 8. The summed E-state index contributed by atoms with van der Waals surface area (Å²) in [5.41, 5.74) is 4.84. The molecule has 5 heteroatoms. The predicted molar refractivity (Wildman–Crippen MR) is 102 cm³/mol. The number of aromatic nitrogens is 2. The standard InChI is InChI=1S/C21H26N4O/c1-3-4-7-17(21(26)23-13-12-22-2)14-18-20-11-10-16-8-5-6-9-19(16)25(20)15-24-18/h5-6,8-9,15,17H,3-4,7,10-14H2,1H3,(H,23,26). The maximum atomic E-state index is 12.6. The number of para-hydroxylation sites is 1. The number of amides is 1. The van der Waals surface area contributed by atoms with Crippen molar-refractivity contribution in [2.24, 2.45) is 5.92 Å². The maximum Gasteiger partial charge on any atom is 0.231 e. The summed E-state index contributed by atoms with van der Waals surface area (Å²) in [6.07, 6.45) is 7.52. The average molecular weight is 350 g/mol. The van der Waals surface area contributed by atoms with Crippen LogP contribution in [0.3, 0.4) is 0 Å². The largest absolute Gasteiger partial charge is 0.348 e. The number of imidazole rings is 1. The van der Waals surface area contributed by atoms with Crippen molar-refractivity contribution in [1.29, 1.82) is 0 Å². The van der Waals surface area contributed by atoms with E-state index in [0.29, 0.717) is 19.5 Å². The number of hydrogen-bond acceptors (Lipinski definition) is 2. The number of nitrogens with zero attached hydrogens (tertiary/aromatic N) is 3. The van der Waals surface area contributed by atoms with Gasteiger partial charge in [-0.15, -0.1) is 0 Å². The molecule has 0 aliphatic carbocycles. The molecule has 2 heterocycles. The van der Waals surface area contributed by atoms with Crippen molar-refractivity contribution in [2.75, 3.05) is 13.1 Å². The molecule has 0 saturated carbocycles. The van der Waals surface area contributed by atoms with Crippen LogP contribution in [0.15, 0.2) is 30.6 Å². The molecular formula is C21H26N4O. The van der Waals surface area contributed by atoms with Gasteiger partial charge in [-0.2, -0.15) is 0 Å². The first-order valence-electron chi connectivity index (χ1n) is 9.49. The van der Waals surface area contributed by atoms with Crippen LogP contribution in [0, 0.1) is 12.5 Å². The van der Waals surface area contributed by atoms with Crippen LogP contribution in [0.4, 0.5) is 0 Å². The minimum Gasteiger partial charge on any atom is -0.348 e. The fraction of sp³-hybridized carbons (Fsp3) is 0.476. The van der Waals surface area contributed by atoms with Crippen LogP contribution >= 0.6 is 0 Å². The third-order valence-corrected chi connectivity index (χ3v) is 5.07. The summed E-state index contributed by atoms with van der Waals surface area (Å²) < 4.78 is 2.18. The van der Waals surface area contributed by atoms with Gasteiger partial charge in [-0.3, -0.25) is 4.79 Å². The van der Waals surface area contributed by atoms with E-state index in [2.05, 4.69) is 50.9 Å². The normalized spacial score (nSPS) is 13.4. The molecule has 1 atom stereocenters. The zero-order valence-corrected chi connectivity index (χ0v) is 15.4. The molecule has 136 valence electrons. The molecule has 1 aromatic carbocycles. The van der Waals surface area contributed by atoms with Gasteiger partial charge in [-0.25, -0.2) is 11.6 Å². The van der Waals surface area contributed by atoms with Gasteiger partial charge in [0.25, 0.3) is 0 Å². The van der Waals surface area contributed by atoms with E-state index in [0.717, 1.165) is 37.8 Å². The molecule has 0 spiro atoms. The van der Waals surface area contributed by atoms with Gasteiger partial charge in [0, 0.05) is 23.7 Å². The number of aryl methyl sites for hydroxylation is 1. The van der Waals surface area contributed by atoms with Gasteiger partial charge < -0.3 is 14.7 Å². The smallest absolute Gasteiger partial charge is 0.231 e. The summed E-state index contributed by atoms with van der Waals surface area (Å²) in [6.45, 7) is 9.76. The lowest BCUT2D eigenvalue weighted by Crippen LogP contribution is -2.33. The Kier molecular flexibility index (Phi) is 6.06. The first-order valence-corrected chi connectivity index (χ1v) is 9.49. The van der Waals surface area contributed by atoms with Gasteiger partial charge in [0.05, 0.1) is 18.6 Å². The molecule has 2 aromatic rings. The zero-order valence-electron chi connectivity index (χ0n) is 15.4. The molecule has 1 aliphatic heterocycles. The first kappa shape index (κ1) is 18.2. The molecule has 1 amide bonds. The lowest BCUT2D eigenvalue weighted by Gasteiger charge is -2.21.